The number of carbonyl (C=O) groups excluding carboxylic acids is 2. The Morgan fingerprint density at radius 1 is 1.05 bits per heavy atom. The van der Waals surface area contributed by atoms with Crippen LogP contribution in [0.5, 0.6) is 5.75 Å². The number of carbonyl (C=O) groups is 2. The van der Waals surface area contributed by atoms with Gasteiger partial charge in [-0.2, -0.15) is 5.09 Å². The van der Waals surface area contributed by atoms with Crippen LogP contribution in [-0.2, 0) is 28.2 Å². The lowest BCUT2D eigenvalue weighted by atomic mass is 9.97. The molecule has 1 saturated heterocycles. The second kappa shape index (κ2) is 13.7. The Hall–Kier alpha value is -2.57. The van der Waals surface area contributed by atoms with Crippen molar-refractivity contribution >= 4 is 30.4 Å². The second-order valence-corrected chi connectivity index (χ2v) is 11.3. The van der Waals surface area contributed by atoms with Crippen molar-refractivity contribution < 1.29 is 48.0 Å². The van der Waals surface area contributed by atoms with Crippen molar-refractivity contribution in [3.8, 4) is 5.75 Å². The summed E-state index contributed by atoms with van der Waals surface area (Å²) in [4.78, 5) is 24.4. The average Bonchev–Trinajstić information content (AvgIpc) is 2.88. The molecule has 1 aliphatic rings. The highest BCUT2D eigenvalue weighted by atomic mass is 31.2. The number of hydrogen-bond acceptors (Lipinski definition) is 10. The summed E-state index contributed by atoms with van der Waals surface area (Å²) in [5, 5.41) is 38.0. The van der Waals surface area contributed by atoms with Gasteiger partial charge in [-0.05, 0) is 38.6 Å². The Balaban J connectivity index is 1.79. The molecular formula is C26H37N2O10P. The van der Waals surface area contributed by atoms with E-state index in [-0.39, 0.29) is 12.2 Å². The Morgan fingerprint density at radius 3 is 2.44 bits per heavy atom. The van der Waals surface area contributed by atoms with E-state index in [1.165, 1.54) is 6.92 Å². The smallest absolute Gasteiger partial charge is 0.459 e. The summed E-state index contributed by atoms with van der Waals surface area (Å²) in [6, 6.07) is 9.95. The summed E-state index contributed by atoms with van der Waals surface area (Å²) in [5.74, 6) is -0.913. The molecule has 39 heavy (non-hydrogen) atoms. The van der Waals surface area contributed by atoms with Crippen LogP contribution in [0.4, 0.5) is 0 Å². The van der Waals surface area contributed by atoms with Gasteiger partial charge in [0.1, 0.15) is 36.1 Å². The molecule has 1 fully saturated rings. The molecule has 12 nitrogen and oxygen atoms in total. The number of aliphatic hydroxyl groups is 3. The molecule has 1 aliphatic heterocycles. The molecule has 0 radical (unpaired) electrons. The lowest BCUT2D eigenvalue weighted by Gasteiger charge is -2.41. The number of ether oxygens (including phenoxy) is 2. The molecule has 2 aromatic rings. The highest BCUT2D eigenvalue weighted by Gasteiger charge is 2.46. The van der Waals surface area contributed by atoms with Gasteiger partial charge in [0.15, 0.2) is 6.29 Å². The standard InChI is InChI=1S/C26H37N2O10P/c1-5-9-21(29)27-22-24(31)23(30)20(37-26(22)33)14-35-39(34,28-16(4)25(32)36-15(2)3)38-19-13-8-11-17-10-6-7-12-18(17)19/h6-8,10-13,15-16,20,22-24,26,30-31,33H,5,9,14H2,1-4H3,(H,27,29)(H,28,34)/t16-,20+,22+,23+,24+,26?,39?/m0/s1. The highest BCUT2D eigenvalue weighted by molar-refractivity contribution is 7.52. The van der Waals surface area contributed by atoms with Gasteiger partial charge in [0.25, 0.3) is 0 Å². The number of hydrogen-bond donors (Lipinski definition) is 5. The Bertz CT molecular complexity index is 1170. The fraction of sp³-hybridized carbons (Fsp3) is 0.538. The van der Waals surface area contributed by atoms with Crippen LogP contribution >= 0.6 is 7.75 Å². The summed E-state index contributed by atoms with van der Waals surface area (Å²) in [5.41, 5.74) is 0. The van der Waals surface area contributed by atoms with E-state index in [1.54, 1.807) is 45.0 Å². The number of nitrogens with one attached hydrogen (secondary N) is 2. The van der Waals surface area contributed by atoms with Gasteiger partial charge >= 0.3 is 13.7 Å². The third kappa shape index (κ3) is 8.21. The van der Waals surface area contributed by atoms with E-state index < -0.39 is 69.0 Å². The molecule has 0 aliphatic carbocycles. The number of rotatable bonds is 12. The van der Waals surface area contributed by atoms with Gasteiger partial charge in [0.05, 0.1) is 12.7 Å². The molecule has 0 aromatic heterocycles. The first-order chi connectivity index (χ1) is 18.4. The number of amides is 1. The van der Waals surface area contributed by atoms with E-state index in [0.717, 1.165) is 5.39 Å². The summed E-state index contributed by atoms with van der Waals surface area (Å²) >= 11 is 0. The van der Waals surface area contributed by atoms with Crippen LogP contribution in [0.1, 0.15) is 40.5 Å². The number of benzene rings is 2. The molecule has 2 unspecified atom stereocenters. The molecule has 216 valence electrons. The van der Waals surface area contributed by atoms with Crippen LogP contribution in [0.3, 0.4) is 0 Å². The van der Waals surface area contributed by atoms with E-state index in [4.69, 9.17) is 18.5 Å². The van der Waals surface area contributed by atoms with Gasteiger partial charge in [0.2, 0.25) is 5.91 Å². The zero-order valence-corrected chi connectivity index (χ0v) is 23.2. The van der Waals surface area contributed by atoms with Gasteiger partial charge in [-0.3, -0.25) is 14.1 Å². The normalized spacial score (nSPS) is 25.6. The zero-order chi connectivity index (χ0) is 28.7. The fourth-order valence-corrected chi connectivity index (χ4v) is 5.54. The lowest BCUT2D eigenvalue weighted by molar-refractivity contribution is -0.252. The number of aliphatic hydroxyl groups excluding tert-OH is 3. The maximum absolute atomic E-state index is 13.9. The van der Waals surface area contributed by atoms with E-state index in [9.17, 15) is 29.5 Å². The molecule has 13 heteroatoms. The van der Waals surface area contributed by atoms with Crippen LogP contribution in [0.15, 0.2) is 42.5 Å². The van der Waals surface area contributed by atoms with Crippen molar-refractivity contribution in [3.05, 3.63) is 42.5 Å². The van der Waals surface area contributed by atoms with Gasteiger partial charge in [-0.15, -0.1) is 0 Å². The van der Waals surface area contributed by atoms with Gasteiger partial charge in [0, 0.05) is 11.8 Å². The summed E-state index contributed by atoms with van der Waals surface area (Å²) in [6.45, 7) is 5.96. The summed E-state index contributed by atoms with van der Waals surface area (Å²) < 4.78 is 35.9. The minimum absolute atomic E-state index is 0.163. The topological polar surface area (TPSA) is 173 Å². The van der Waals surface area contributed by atoms with Crippen molar-refractivity contribution in [3.63, 3.8) is 0 Å². The Kier molecular flexibility index (Phi) is 10.9. The minimum atomic E-state index is -4.35. The minimum Gasteiger partial charge on any atom is -0.462 e. The maximum Gasteiger partial charge on any atom is 0.459 e. The summed E-state index contributed by atoms with van der Waals surface area (Å²) in [7, 11) is -4.35. The largest absolute Gasteiger partial charge is 0.462 e. The molecule has 7 atom stereocenters. The van der Waals surface area contributed by atoms with Gasteiger partial charge in [-0.25, -0.2) is 4.57 Å². The third-order valence-corrected chi connectivity index (χ3v) is 7.59. The van der Waals surface area contributed by atoms with Crippen molar-refractivity contribution in [1.82, 2.24) is 10.4 Å². The molecule has 0 saturated carbocycles. The molecule has 0 bridgehead atoms. The van der Waals surface area contributed by atoms with Crippen LogP contribution < -0.4 is 14.9 Å². The quantitative estimate of drug-likeness (QED) is 0.187. The van der Waals surface area contributed by atoms with E-state index in [2.05, 4.69) is 10.4 Å². The van der Waals surface area contributed by atoms with Crippen LogP contribution in [0.25, 0.3) is 10.8 Å². The maximum atomic E-state index is 13.9. The first-order valence-electron chi connectivity index (χ1n) is 12.8. The first kappa shape index (κ1) is 31.0. The molecule has 2 aromatic carbocycles. The van der Waals surface area contributed by atoms with Crippen molar-refractivity contribution in [2.45, 2.75) is 83.3 Å². The number of fused-ring (bicyclic) bond motifs is 1. The predicted octanol–water partition coefficient (Wildman–Crippen LogP) is 2.00. The zero-order valence-electron chi connectivity index (χ0n) is 22.4. The second-order valence-electron chi connectivity index (χ2n) is 9.59. The van der Waals surface area contributed by atoms with E-state index in [1.807, 2.05) is 18.2 Å². The van der Waals surface area contributed by atoms with E-state index >= 15 is 0 Å². The third-order valence-electron chi connectivity index (χ3n) is 5.96. The van der Waals surface area contributed by atoms with Crippen LogP contribution in [0, 0.1) is 0 Å². The van der Waals surface area contributed by atoms with Gasteiger partial charge < -0.3 is 34.6 Å². The number of esters is 1. The lowest BCUT2D eigenvalue weighted by Crippen LogP contribution is -2.64. The Labute approximate surface area is 227 Å². The fourth-order valence-electron chi connectivity index (χ4n) is 4.02. The SMILES string of the molecule is CCCC(=O)N[C@H]1C(O)O[C@H](COP(=O)(N[C@@H](C)C(=O)OC(C)C)Oc2cccc3ccccc23)[C@@H](O)[C@@H]1O. The van der Waals surface area contributed by atoms with Crippen LogP contribution in [0.2, 0.25) is 0 Å². The first-order valence-corrected chi connectivity index (χ1v) is 14.4. The highest BCUT2D eigenvalue weighted by Crippen LogP contribution is 2.47. The predicted molar refractivity (Wildman–Crippen MR) is 142 cm³/mol. The van der Waals surface area contributed by atoms with E-state index in [0.29, 0.717) is 11.8 Å². The molecule has 0 spiro atoms. The molecular weight excluding hydrogens is 531 g/mol. The molecule has 1 heterocycles. The molecule has 3 rings (SSSR count). The molecule has 5 N–H and O–H groups in total. The van der Waals surface area contributed by atoms with Crippen molar-refractivity contribution in [2.75, 3.05) is 6.61 Å². The van der Waals surface area contributed by atoms with Crippen molar-refractivity contribution in [1.29, 1.82) is 0 Å². The monoisotopic (exact) mass is 568 g/mol. The van der Waals surface area contributed by atoms with Crippen molar-refractivity contribution in [2.24, 2.45) is 0 Å². The molecule has 1 amide bonds. The summed E-state index contributed by atoms with van der Waals surface area (Å²) in [6.07, 6.45) is -5.95. The van der Waals surface area contributed by atoms with Gasteiger partial charge in [-0.1, -0.05) is 43.3 Å². The average molecular weight is 569 g/mol. The van der Waals surface area contributed by atoms with Crippen LogP contribution in [-0.4, -0.2) is 76.6 Å². The Morgan fingerprint density at radius 2 is 1.74 bits per heavy atom.